The molecule has 3 aromatic heterocycles. The number of carbonyl (C=O) groups is 1. The summed E-state index contributed by atoms with van der Waals surface area (Å²) in [4.78, 5) is 34.6. The Hall–Kier alpha value is -4.38. The molecule has 11 heteroatoms. The van der Waals surface area contributed by atoms with Gasteiger partial charge >= 0.3 is 0 Å². The second-order valence-electron chi connectivity index (χ2n) is 7.40. The highest BCUT2D eigenvalue weighted by Gasteiger charge is 2.13. The van der Waals surface area contributed by atoms with Crippen molar-refractivity contribution in [2.75, 3.05) is 32.2 Å². The van der Waals surface area contributed by atoms with Crippen molar-refractivity contribution in [3.63, 3.8) is 0 Å². The molecule has 0 atom stereocenters. The predicted molar refractivity (Wildman–Crippen MR) is 124 cm³/mol. The number of aromatic nitrogens is 5. The molecule has 11 nitrogen and oxygen atoms in total. The van der Waals surface area contributed by atoms with E-state index in [0.29, 0.717) is 30.7 Å². The molecule has 1 amide bonds. The Morgan fingerprint density at radius 1 is 1.06 bits per heavy atom. The van der Waals surface area contributed by atoms with Gasteiger partial charge in [-0.15, -0.1) is 0 Å². The molecule has 0 bridgehead atoms. The van der Waals surface area contributed by atoms with Gasteiger partial charge in [0, 0.05) is 48.3 Å². The largest absolute Gasteiger partial charge is 0.489 e. The van der Waals surface area contributed by atoms with E-state index in [1.807, 2.05) is 32.2 Å². The van der Waals surface area contributed by atoms with Gasteiger partial charge in [-0.3, -0.25) is 10.0 Å². The zero-order valence-corrected chi connectivity index (χ0v) is 18.9. The van der Waals surface area contributed by atoms with E-state index in [0.717, 1.165) is 27.7 Å². The highest BCUT2D eigenvalue weighted by atomic mass is 16.5. The van der Waals surface area contributed by atoms with Crippen molar-refractivity contribution in [1.29, 1.82) is 0 Å². The average Bonchev–Trinajstić information content (AvgIpc) is 2.88. The van der Waals surface area contributed by atoms with Crippen LogP contribution in [0, 0.1) is 6.92 Å². The Bertz CT molecular complexity index is 1300. The highest BCUT2D eigenvalue weighted by molar-refractivity contribution is 5.92. The molecular formula is C23H23N7O4. The van der Waals surface area contributed by atoms with Gasteiger partial charge in [-0.25, -0.2) is 30.4 Å². The van der Waals surface area contributed by atoms with E-state index >= 15 is 0 Å². The lowest BCUT2D eigenvalue weighted by atomic mass is 10.0. The number of hydrogen-bond donors (Lipinski definition) is 2. The lowest BCUT2D eigenvalue weighted by molar-refractivity contribution is 0.0705. The fraction of sp³-hybridized carbons (Fsp3) is 0.217. The number of likely N-dealkylation sites (N-methyl/N-ethyl adjacent to an activating group) is 1. The number of hydrogen-bond acceptors (Lipinski definition) is 10. The van der Waals surface area contributed by atoms with Gasteiger partial charge in [-0.1, -0.05) is 0 Å². The van der Waals surface area contributed by atoms with E-state index in [1.165, 1.54) is 18.7 Å². The number of nitrogens with zero attached hydrogens (tertiary/aromatic N) is 6. The van der Waals surface area contributed by atoms with Crippen LogP contribution in [-0.2, 0) is 0 Å². The summed E-state index contributed by atoms with van der Waals surface area (Å²) in [5.74, 6) is 0.904. The van der Waals surface area contributed by atoms with Gasteiger partial charge in [0.15, 0.2) is 0 Å². The SMILES string of the molecule is COc1ccc(-c2cc(OCCN(C)c3ncc(C(=O)NO)cn3)c3ncnc(C)c3c2)cn1. The molecule has 1 aromatic carbocycles. The van der Waals surface area contributed by atoms with Crippen LogP contribution in [0.5, 0.6) is 11.6 Å². The molecule has 34 heavy (non-hydrogen) atoms. The molecule has 4 rings (SSSR count). The van der Waals surface area contributed by atoms with Crippen LogP contribution in [0.4, 0.5) is 5.95 Å². The van der Waals surface area contributed by atoms with Crippen LogP contribution in [0.1, 0.15) is 16.1 Å². The quantitative estimate of drug-likeness (QED) is 0.297. The molecule has 0 saturated carbocycles. The highest BCUT2D eigenvalue weighted by Crippen LogP contribution is 2.32. The van der Waals surface area contributed by atoms with Crippen LogP contribution in [0.25, 0.3) is 22.0 Å². The number of aryl methyl sites for hydroxylation is 1. The Kier molecular flexibility index (Phi) is 6.74. The minimum atomic E-state index is -0.673. The van der Waals surface area contributed by atoms with Crippen LogP contribution in [0.3, 0.4) is 0 Å². The molecule has 0 spiro atoms. The molecular weight excluding hydrogens is 438 g/mol. The van der Waals surface area contributed by atoms with Crippen LogP contribution >= 0.6 is 0 Å². The number of pyridine rings is 1. The molecule has 0 radical (unpaired) electrons. The maximum absolute atomic E-state index is 11.4. The molecule has 174 valence electrons. The van der Waals surface area contributed by atoms with Crippen LogP contribution in [0.15, 0.2) is 49.2 Å². The van der Waals surface area contributed by atoms with E-state index in [1.54, 1.807) is 29.8 Å². The Balaban J connectivity index is 1.53. The number of benzene rings is 1. The van der Waals surface area contributed by atoms with Gasteiger partial charge in [-0.2, -0.15) is 0 Å². The van der Waals surface area contributed by atoms with Crippen molar-refractivity contribution in [1.82, 2.24) is 30.4 Å². The Morgan fingerprint density at radius 3 is 2.53 bits per heavy atom. The molecule has 0 unspecified atom stereocenters. The summed E-state index contributed by atoms with van der Waals surface area (Å²) < 4.78 is 11.3. The average molecular weight is 461 g/mol. The maximum atomic E-state index is 11.4. The van der Waals surface area contributed by atoms with Crippen molar-refractivity contribution in [3.8, 4) is 22.8 Å². The molecule has 4 aromatic rings. The number of hydroxylamine groups is 1. The first-order valence-corrected chi connectivity index (χ1v) is 10.4. The van der Waals surface area contributed by atoms with Crippen LogP contribution < -0.4 is 19.9 Å². The van der Waals surface area contributed by atoms with Crippen LogP contribution in [-0.4, -0.2) is 63.3 Å². The summed E-state index contributed by atoms with van der Waals surface area (Å²) in [6.45, 7) is 2.74. The van der Waals surface area contributed by atoms with Gasteiger partial charge in [0.25, 0.3) is 5.91 Å². The van der Waals surface area contributed by atoms with Crippen molar-refractivity contribution >= 4 is 22.8 Å². The molecule has 0 aliphatic rings. The van der Waals surface area contributed by atoms with Gasteiger partial charge in [0.1, 0.15) is 24.2 Å². The summed E-state index contributed by atoms with van der Waals surface area (Å²) in [5.41, 5.74) is 5.10. The van der Waals surface area contributed by atoms with Crippen molar-refractivity contribution < 1.29 is 19.5 Å². The summed E-state index contributed by atoms with van der Waals surface area (Å²) >= 11 is 0. The number of rotatable bonds is 8. The van der Waals surface area contributed by atoms with Crippen molar-refractivity contribution in [2.24, 2.45) is 0 Å². The predicted octanol–water partition coefficient (Wildman–Crippen LogP) is 2.43. The van der Waals surface area contributed by atoms with Gasteiger partial charge in [0.05, 0.1) is 19.2 Å². The molecule has 0 aliphatic heterocycles. The third kappa shape index (κ3) is 4.84. The lowest BCUT2D eigenvalue weighted by Crippen LogP contribution is -2.26. The smallest absolute Gasteiger partial charge is 0.277 e. The molecule has 0 fully saturated rings. The minimum Gasteiger partial charge on any atom is -0.489 e. The number of methoxy groups -OCH3 is 1. The lowest BCUT2D eigenvalue weighted by Gasteiger charge is -2.18. The fourth-order valence-corrected chi connectivity index (χ4v) is 3.30. The molecule has 0 aliphatic carbocycles. The fourth-order valence-electron chi connectivity index (χ4n) is 3.30. The standard InChI is InChI=1S/C23H23N7O4/c1-14-18-8-16(15-4-5-20(33-3)24-10-15)9-19(21(18)28-13-27-14)34-7-6-30(2)23-25-11-17(12-26-23)22(31)29-32/h4-5,8-13,32H,6-7H2,1-3H3,(H,29,31). The topological polar surface area (TPSA) is 135 Å². The second kappa shape index (κ2) is 10.0. The van der Waals surface area contributed by atoms with E-state index < -0.39 is 5.91 Å². The second-order valence-corrected chi connectivity index (χ2v) is 7.40. The number of amides is 1. The molecule has 0 saturated heterocycles. The van der Waals surface area contributed by atoms with Gasteiger partial charge in [-0.05, 0) is 30.7 Å². The first kappa shape index (κ1) is 22.8. The first-order chi connectivity index (χ1) is 16.5. The number of anilines is 1. The number of nitrogens with one attached hydrogen (secondary N) is 1. The number of carbonyl (C=O) groups excluding carboxylic acids is 1. The van der Waals surface area contributed by atoms with Crippen LogP contribution in [0.2, 0.25) is 0 Å². The minimum absolute atomic E-state index is 0.155. The summed E-state index contributed by atoms with van der Waals surface area (Å²) in [5, 5.41) is 9.59. The molecule has 2 N–H and O–H groups in total. The molecule has 3 heterocycles. The monoisotopic (exact) mass is 461 g/mol. The van der Waals surface area contributed by atoms with E-state index in [9.17, 15) is 4.79 Å². The summed E-state index contributed by atoms with van der Waals surface area (Å²) in [7, 11) is 3.39. The summed E-state index contributed by atoms with van der Waals surface area (Å²) in [6, 6.07) is 7.68. The van der Waals surface area contributed by atoms with Crippen molar-refractivity contribution in [3.05, 3.63) is 60.4 Å². The zero-order valence-electron chi connectivity index (χ0n) is 18.9. The van der Waals surface area contributed by atoms with Gasteiger partial charge < -0.3 is 14.4 Å². The van der Waals surface area contributed by atoms with E-state index in [2.05, 4.69) is 24.9 Å². The number of fused-ring (bicyclic) bond motifs is 1. The number of ether oxygens (including phenoxy) is 2. The third-order valence-corrected chi connectivity index (χ3v) is 5.21. The third-order valence-electron chi connectivity index (χ3n) is 5.21. The van der Waals surface area contributed by atoms with Crippen molar-refractivity contribution in [2.45, 2.75) is 6.92 Å². The Labute approximate surface area is 195 Å². The normalized spacial score (nSPS) is 10.7. The van der Waals surface area contributed by atoms with E-state index in [-0.39, 0.29) is 5.56 Å². The summed E-state index contributed by atoms with van der Waals surface area (Å²) in [6.07, 6.45) is 5.94. The van der Waals surface area contributed by atoms with E-state index in [4.69, 9.17) is 14.7 Å². The zero-order chi connectivity index (χ0) is 24.1. The van der Waals surface area contributed by atoms with Gasteiger partial charge in [0.2, 0.25) is 11.8 Å². The first-order valence-electron chi connectivity index (χ1n) is 10.4. The maximum Gasteiger partial charge on any atom is 0.277 e. The Morgan fingerprint density at radius 2 is 1.85 bits per heavy atom.